The van der Waals surface area contributed by atoms with Gasteiger partial charge in [0, 0.05) is 35.9 Å². The Balaban J connectivity index is 1.61. The number of rotatable bonds is 2. The number of fused-ring (bicyclic) bond motifs is 2. The summed E-state index contributed by atoms with van der Waals surface area (Å²) in [5.74, 6) is 0.623. The van der Waals surface area contributed by atoms with Crippen molar-refractivity contribution in [2.24, 2.45) is 0 Å². The molecule has 0 saturated carbocycles. The number of urea groups is 1. The molecular formula is C18H24N4O. The van der Waals surface area contributed by atoms with E-state index in [9.17, 15) is 4.79 Å². The molecule has 0 spiro atoms. The number of piperidine rings is 1. The summed E-state index contributed by atoms with van der Waals surface area (Å²) < 4.78 is 0. The lowest BCUT2D eigenvalue weighted by Crippen LogP contribution is -2.37. The van der Waals surface area contributed by atoms with Crippen molar-refractivity contribution in [2.45, 2.75) is 37.6 Å². The average Bonchev–Trinajstić information content (AvgIpc) is 3.20. The van der Waals surface area contributed by atoms with Crippen LogP contribution in [0.5, 0.6) is 0 Å². The van der Waals surface area contributed by atoms with Crippen molar-refractivity contribution < 1.29 is 4.79 Å². The van der Waals surface area contributed by atoms with Gasteiger partial charge in [0.15, 0.2) is 0 Å². The van der Waals surface area contributed by atoms with Gasteiger partial charge in [-0.15, -0.1) is 0 Å². The van der Waals surface area contributed by atoms with Crippen molar-refractivity contribution >= 4 is 22.6 Å². The minimum Gasteiger partial charge on any atom is -0.361 e. The molecule has 2 aromatic rings. The fourth-order valence-electron chi connectivity index (χ4n) is 4.26. The van der Waals surface area contributed by atoms with E-state index in [0.29, 0.717) is 5.92 Å². The van der Waals surface area contributed by atoms with E-state index in [1.807, 2.05) is 6.07 Å². The summed E-state index contributed by atoms with van der Waals surface area (Å²) in [6.45, 7) is 2.50. The first kappa shape index (κ1) is 14.6. The molecule has 3 heterocycles. The molecular weight excluding hydrogens is 288 g/mol. The van der Waals surface area contributed by atoms with Gasteiger partial charge >= 0.3 is 6.03 Å². The second-order valence-electron chi connectivity index (χ2n) is 6.76. The van der Waals surface area contributed by atoms with Crippen LogP contribution in [0.2, 0.25) is 0 Å². The number of hydrogen-bond acceptors (Lipinski definition) is 2. The summed E-state index contributed by atoms with van der Waals surface area (Å²) in [7, 11) is 1.63. The first-order valence-corrected chi connectivity index (χ1v) is 8.58. The molecule has 4 rings (SSSR count). The van der Waals surface area contributed by atoms with E-state index in [0.717, 1.165) is 17.2 Å². The van der Waals surface area contributed by atoms with Crippen molar-refractivity contribution in [3.8, 4) is 0 Å². The minimum atomic E-state index is -0.180. The number of aromatic amines is 1. The largest absolute Gasteiger partial charge is 0.361 e. The molecule has 5 heteroatoms. The predicted octanol–water partition coefficient (Wildman–Crippen LogP) is 3.26. The number of H-pyrrole nitrogens is 1. The van der Waals surface area contributed by atoms with Crippen molar-refractivity contribution in [1.82, 2.24) is 15.2 Å². The van der Waals surface area contributed by atoms with Gasteiger partial charge in [0.25, 0.3) is 0 Å². The maximum absolute atomic E-state index is 11.5. The third kappa shape index (κ3) is 2.70. The fourth-order valence-corrected chi connectivity index (χ4v) is 4.26. The lowest BCUT2D eigenvalue weighted by Gasteiger charge is -2.34. The normalized spacial score (nSPS) is 24.6. The van der Waals surface area contributed by atoms with Gasteiger partial charge in [0.2, 0.25) is 0 Å². The quantitative estimate of drug-likeness (QED) is 0.797. The number of hydrogen-bond donors (Lipinski definition) is 3. The standard InChI is InChI=1S/C18H24N4O/c1-19-18(23)21-13-4-5-17-15(10-13)16(11-20-17)12-6-8-22-7-2-3-14(22)9-12/h4-5,10-12,14,20H,2-3,6-9H2,1H3,(H2,19,21,23). The van der Waals surface area contributed by atoms with Crippen molar-refractivity contribution in [3.63, 3.8) is 0 Å². The zero-order valence-corrected chi connectivity index (χ0v) is 13.6. The molecule has 2 aliphatic rings. The lowest BCUT2D eigenvalue weighted by molar-refractivity contribution is 0.181. The highest BCUT2D eigenvalue weighted by atomic mass is 16.2. The number of anilines is 1. The van der Waals surface area contributed by atoms with Gasteiger partial charge in [0.1, 0.15) is 0 Å². The SMILES string of the molecule is CNC(=O)Nc1ccc2[nH]cc(C3CCN4CCCC4C3)c2c1. The first-order chi connectivity index (χ1) is 11.2. The Labute approximate surface area is 136 Å². The number of carbonyl (C=O) groups is 1. The number of amides is 2. The maximum atomic E-state index is 11.5. The Bertz CT molecular complexity index is 723. The fraction of sp³-hybridized carbons (Fsp3) is 0.500. The molecule has 2 amide bonds. The van der Waals surface area contributed by atoms with Crippen LogP contribution >= 0.6 is 0 Å². The van der Waals surface area contributed by atoms with E-state index in [4.69, 9.17) is 0 Å². The first-order valence-electron chi connectivity index (χ1n) is 8.58. The van der Waals surface area contributed by atoms with Crippen molar-refractivity contribution in [1.29, 1.82) is 0 Å². The predicted molar refractivity (Wildman–Crippen MR) is 92.9 cm³/mol. The number of carbonyl (C=O) groups excluding carboxylic acids is 1. The van der Waals surface area contributed by atoms with Gasteiger partial charge in [0.05, 0.1) is 0 Å². The van der Waals surface area contributed by atoms with Crippen LogP contribution in [-0.2, 0) is 0 Å². The van der Waals surface area contributed by atoms with E-state index in [-0.39, 0.29) is 6.03 Å². The van der Waals surface area contributed by atoms with Gasteiger partial charge in [-0.2, -0.15) is 0 Å². The van der Waals surface area contributed by atoms with Crippen LogP contribution in [0.25, 0.3) is 10.9 Å². The molecule has 23 heavy (non-hydrogen) atoms. The zero-order valence-electron chi connectivity index (χ0n) is 13.6. The summed E-state index contributed by atoms with van der Waals surface area (Å²) in [6.07, 6.45) is 7.37. The van der Waals surface area contributed by atoms with Crippen LogP contribution in [0.4, 0.5) is 10.5 Å². The third-order valence-corrected chi connectivity index (χ3v) is 5.46. The van der Waals surface area contributed by atoms with Gasteiger partial charge in [-0.1, -0.05) is 0 Å². The number of nitrogens with zero attached hydrogens (tertiary/aromatic N) is 1. The van der Waals surface area contributed by atoms with Crippen LogP contribution in [0.1, 0.15) is 37.2 Å². The van der Waals surface area contributed by atoms with Gasteiger partial charge in [-0.25, -0.2) is 4.79 Å². The zero-order chi connectivity index (χ0) is 15.8. The molecule has 2 fully saturated rings. The Hall–Kier alpha value is -2.01. The van der Waals surface area contributed by atoms with Crippen LogP contribution in [-0.4, -0.2) is 42.1 Å². The number of benzene rings is 1. The molecule has 2 aliphatic heterocycles. The molecule has 2 unspecified atom stereocenters. The smallest absolute Gasteiger partial charge is 0.318 e. The second-order valence-corrected chi connectivity index (χ2v) is 6.76. The third-order valence-electron chi connectivity index (χ3n) is 5.46. The summed E-state index contributed by atoms with van der Waals surface area (Å²) in [6, 6.07) is 6.68. The highest BCUT2D eigenvalue weighted by molar-refractivity contribution is 5.93. The summed E-state index contributed by atoms with van der Waals surface area (Å²) in [5, 5.41) is 6.71. The molecule has 2 saturated heterocycles. The molecule has 2 atom stereocenters. The summed E-state index contributed by atoms with van der Waals surface area (Å²) >= 11 is 0. The molecule has 1 aromatic heterocycles. The van der Waals surface area contributed by atoms with E-state index < -0.39 is 0 Å². The van der Waals surface area contributed by atoms with E-state index in [2.05, 4.69) is 38.8 Å². The van der Waals surface area contributed by atoms with E-state index >= 15 is 0 Å². The molecule has 3 N–H and O–H groups in total. The van der Waals surface area contributed by atoms with Crippen molar-refractivity contribution in [2.75, 3.05) is 25.5 Å². The number of aromatic nitrogens is 1. The van der Waals surface area contributed by atoms with Crippen LogP contribution < -0.4 is 10.6 Å². The number of nitrogens with one attached hydrogen (secondary N) is 3. The highest BCUT2D eigenvalue weighted by Gasteiger charge is 2.33. The molecule has 1 aromatic carbocycles. The Morgan fingerprint density at radius 2 is 2.22 bits per heavy atom. The summed E-state index contributed by atoms with van der Waals surface area (Å²) in [4.78, 5) is 17.6. The van der Waals surface area contributed by atoms with Crippen LogP contribution in [0.3, 0.4) is 0 Å². The monoisotopic (exact) mass is 312 g/mol. The topological polar surface area (TPSA) is 60.2 Å². The molecule has 0 bridgehead atoms. The lowest BCUT2D eigenvalue weighted by atomic mass is 9.85. The molecule has 5 nitrogen and oxygen atoms in total. The molecule has 122 valence electrons. The average molecular weight is 312 g/mol. The minimum absolute atomic E-state index is 0.180. The summed E-state index contributed by atoms with van der Waals surface area (Å²) in [5.41, 5.74) is 3.40. The maximum Gasteiger partial charge on any atom is 0.318 e. The Morgan fingerprint density at radius 1 is 1.30 bits per heavy atom. The Morgan fingerprint density at radius 3 is 3.09 bits per heavy atom. The van der Waals surface area contributed by atoms with E-state index in [1.165, 1.54) is 49.7 Å². The van der Waals surface area contributed by atoms with Crippen LogP contribution in [0, 0.1) is 0 Å². The highest BCUT2D eigenvalue weighted by Crippen LogP contribution is 2.39. The van der Waals surface area contributed by atoms with Crippen LogP contribution in [0.15, 0.2) is 24.4 Å². The molecule has 0 radical (unpaired) electrons. The van der Waals surface area contributed by atoms with Crippen molar-refractivity contribution in [3.05, 3.63) is 30.0 Å². The van der Waals surface area contributed by atoms with E-state index in [1.54, 1.807) is 7.05 Å². The second kappa shape index (κ2) is 5.89. The van der Waals surface area contributed by atoms with Gasteiger partial charge in [-0.05, 0) is 68.5 Å². The Kier molecular flexibility index (Phi) is 3.73. The molecule has 0 aliphatic carbocycles. The van der Waals surface area contributed by atoms with Gasteiger partial charge < -0.3 is 20.5 Å². The van der Waals surface area contributed by atoms with Gasteiger partial charge in [-0.3, -0.25) is 0 Å².